The van der Waals surface area contributed by atoms with Crippen LogP contribution in [0.15, 0.2) is 24.3 Å². The molecule has 0 saturated heterocycles. The highest BCUT2D eigenvalue weighted by Crippen LogP contribution is 2.26. The Morgan fingerprint density at radius 1 is 1.24 bits per heavy atom. The number of hydrogen-bond donors (Lipinski definition) is 1. The first kappa shape index (κ1) is 16.2. The predicted octanol–water partition coefficient (Wildman–Crippen LogP) is 4.02. The van der Waals surface area contributed by atoms with Crippen LogP contribution in [0.3, 0.4) is 0 Å². The molecule has 1 aromatic carbocycles. The zero-order valence-corrected chi connectivity index (χ0v) is 14.8. The molecular weight excluding hydrogens is 377 g/mol. The largest absolute Gasteiger partial charge is 0.380 e. The molecule has 0 aliphatic heterocycles. The van der Waals surface area contributed by atoms with E-state index in [-0.39, 0.29) is 0 Å². The van der Waals surface area contributed by atoms with Crippen LogP contribution in [-0.2, 0) is 11.3 Å². The lowest BCUT2D eigenvalue weighted by Crippen LogP contribution is -2.08. The summed E-state index contributed by atoms with van der Waals surface area (Å²) in [4.78, 5) is 9.34. The smallest absolute Gasteiger partial charge is 0.162 e. The minimum Gasteiger partial charge on any atom is -0.380 e. The molecule has 0 aliphatic carbocycles. The average molecular weight is 397 g/mol. The van der Waals surface area contributed by atoms with Gasteiger partial charge in [0.05, 0.1) is 15.9 Å². The van der Waals surface area contributed by atoms with Gasteiger partial charge in [-0.2, -0.15) is 0 Å². The SMILES string of the molecule is CCCNc1nc(-c2ccccc2COC)nc(C)c1I. The number of aromatic nitrogens is 2. The number of halogens is 1. The van der Waals surface area contributed by atoms with E-state index in [4.69, 9.17) is 9.72 Å². The van der Waals surface area contributed by atoms with E-state index in [1.165, 1.54) is 0 Å². The third-order valence-electron chi connectivity index (χ3n) is 3.12. The first-order valence-electron chi connectivity index (χ1n) is 7.02. The Hall–Kier alpha value is -1.21. The maximum absolute atomic E-state index is 5.27. The Morgan fingerprint density at radius 3 is 2.71 bits per heavy atom. The van der Waals surface area contributed by atoms with Crippen molar-refractivity contribution in [1.82, 2.24) is 9.97 Å². The molecule has 0 atom stereocenters. The molecule has 0 amide bonds. The lowest BCUT2D eigenvalue weighted by molar-refractivity contribution is 0.185. The summed E-state index contributed by atoms with van der Waals surface area (Å²) in [5, 5.41) is 3.38. The van der Waals surface area contributed by atoms with Gasteiger partial charge in [-0.15, -0.1) is 0 Å². The minimum atomic E-state index is 0.558. The van der Waals surface area contributed by atoms with Gasteiger partial charge in [0.1, 0.15) is 5.82 Å². The molecule has 4 nitrogen and oxygen atoms in total. The Balaban J connectivity index is 2.46. The molecule has 2 aromatic rings. The maximum atomic E-state index is 5.27. The average Bonchev–Trinajstić information content (AvgIpc) is 2.49. The van der Waals surface area contributed by atoms with Gasteiger partial charge >= 0.3 is 0 Å². The van der Waals surface area contributed by atoms with E-state index in [9.17, 15) is 0 Å². The van der Waals surface area contributed by atoms with E-state index < -0.39 is 0 Å². The van der Waals surface area contributed by atoms with Crippen molar-refractivity contribution in [2.45, 2.75) is 26.9 Å². The summed E-state index contributed by atoms with van der Waals surface area (Å²) in [7, 11) is 1.70. The van der Waals surface area contributed by atoms with E-state index >= 15 is 0 Å². The number of rotatable bonds is 6. The summed E-state index contributed by atoms with van der Waals surface area (Å²) < 4.78 is 6.34. The number of benzene rings is 1. The van der Waals surface area contributed by atoms with Crippen molar-refractivity contribution in [2.24, 2.45) is 0 Å². The van der Waals surface area contributed by atoms with Gasteiger partial charge in [-0.3, -0.25) is 0 Å². The number of ether oxygens (including phenoxy) is 1. The second-order valence-electron chi connectivity index (χ2n) is 4.81. The highest BCUT2D eigenvalue weighted by atomic mass is 127. The molecule has 1 heterocycles. The molecule has 0 aliphatic rings. The summed E-state index contributed by atoms with van der Waals surface area (Å²) in [6.45, 7) is 5.62. The van der Waals surface area contributed by atoms with Gasteiger partial charge in [-0.25, -0.2) is 9.97 Å². The van der Waals surface area contributed by atoms with Crippen molar-refractivity contribution in [1.29, 1.82) is 0 Å². The fraction of sp³-hybridized carbons (Fsp3) is 0.375. The predicted molar refractivity (Wildman–Crippen MR) is 94.4 cm³/mol. The standard InChI is InChI=1S/C16H20IN3O/c1-4-9-18-16-14(17)11(2)19-15(20-16)13-8-6-5-7-12(13)10-21-3/h5-8H,4,9-10H2,1-3H3,(H,18,19,20). The third kappa shape index (κ3) is 3.91. The van der Waals surface area contributed by atoms with Crippen molar-refractivity contribution >= 4 is 28.4 Å². The van der Waals surface area contributed by atoms with E-state index in [0.29, 0.717) is 6.61 Å². The zero-order chi connectivity index (χ0) is 15.2. The second-order valence-corrected chi connectivity index (χ2v) is 5.89. The normalized spacial score (nSPS) is 10.7. The molecule has 0 saturated carbocycles. The van der Waals surface area contributed by atoms with Crippen LogP contribution >= 0.6 is 22.6 Å². The van der Waals surface area contributed by atoms with Gasteiger partial charge < -0.3 is 10.1 Å². The van der Waals surface area contributed by atoms with Crippen molar-refractivity contribution in [3.8, 4) is 11.4 Å². The molecule has 1 N–H and O–H groups in total. The van der Waals surface area contributed by atoms with Crippen LogP contribution in [-0.4, -0.2) is 23.6 Å². The van der Waals surface area contributed by atoms with Gasteiger partial charge in [-0.05, 0) is 41.5 Å². The molecule has 112 valence electrons. The lowest BCUT2D eigenvalue weighted by Gasteiger charge is -2.13. The van der Waals surface area contributed by atoms with Crippen LogP contribution in [0, 0.1) is 10.5 Å². The number of aryl methyl sites for hydroxylation is 1. The van der Waals surface area contributed by atoms with Gasteiger partial charge in [0.15, 0.2) is 5.82 Å². The van der Waals surface area contributed by atoms with Crippen LogP contribution in [0.4, 0.5) is 5.82 Å². The molecule has 1 aromatic heterocycles. The number of nitrogens with one attached hydrogen (secondary N) is 1. The Bertz CT molecular complexity index is 616. The summed E-state index contributed by atoms with van der Waals surface area (Å²) in [6, 6.07) is 8.10. The number of methoxy groups -OCH3 is 1. The van der Waals surface area contributed by atoms with Crippen molar-refractivity contribution < 1.29 is 4.74 Å². The topological polar surface area (TPSA) is 47.0 Å². The van der Waals surface area contributed by atoms with Crippen molar-refractivity contribution in [3.05, 3.63) is 39.1 Å². The lowest BCUT2D eigenvalue weighted by atomic mass is 10.1. The fourth-order valence-electron chi connectivity index (χ4n) is 2.06. The highest BCUT2D eigenvalue weighted by Gasteiger charge is 2.13. The summed E-state index contributed by atoms with van der Waals surface area (Å²) in [6.07, 6.45) is 1.06. The quantitative estimate of drug-likeness (QED) is 0.748. The van der Waals surface area contributed by atoms with E-state index in [0.717, 1.165) is 45.0 Å². The van der Waals surface area contributed by atoms with Gasteiger partial charge in [-0.1, -0.05) is 31.2 Å². The van der Waals surface area contributed by atoms with E-state index in [1.807, 2.05) is 25.1 Å². The van der Waals surface area contributed by atoms with Gasteiger partial charge in [0.2, 0.25) is 0 Å². The molecular formula is C16H20IN3O. The molecule has 5 heteroatoms. The van der Waals surface area contributed by atoms with Gasteiger partial charge in [0, 0.05) is 19.2 Å². The Kier molecular flexibility index (Phi) is 5.93. The first-order chi connectivity index (χ1) is 10.2. The zero-order valence-electron chi connectivity index (χ0n) is 12.6. The van der Waals surface area contributed by atoms with Crippen LogP contribution in [0.2, 0.25) is 0 Å². The Morgan fingerprint density at radius 2 is 2.00 bits per heavy atom. The van der Waals surface area contributed by atoms with E-state index in [1.54, 1.807) is 7.11 Å². The molecule has 0 radical (unpaired) electrons. The Labute approximate surface area is 139 Å². The summed E-state index contributed by atoms with van der Waals surface area (Å²) in [5.41, 5.74) is 3.12. The molecule has 21 heavy (non-hydrogen) atoms. The van der Waals surface area contributed by atoms with Crippen LogP contribution in [0.5, 0.6) is 0 Å². The van der Waals surface area contributed by atoms with Gasteiger partial charge in [0.25, 0.3) is 0 Å². The molecule has 0 bridgehead atoms. The summed E-state index contributed by atoms with van der Waals surface area (Å²) >= 11 is 2.29. The number of hydrogen-bond acceptors (Lipinski definition) is 4. The maximum Gasteiger partial charge on any atom is 0.162 e. The van der Waals surface area contributed by atoms with Crippen LogP contribution < -0.4 is 5.32 Å². The molecule has 0 spiro atoms. The summed E-state index contributed by atoms with van der Waals surface area (Å²) in [5.74, 6) is 1.66. The third-order valence-corrected chi connectivity index (χ3v) is 4.41. The van der Waals surface area contributed by atoms with E-state index in [2.05, 4.69) is 45.9 Å². The van der Waals surface area contributed by atoms with Crippen molar-refractivity contribution in [2.75, 3.05) is 19.0 Å². The monoisotopic (exact) mass is 397 g/mol. The fourth-order valence-corrected chi connectivity index (χ4v) is 2.49. The van der Waals surface area contributed by atoms with Crippen molar-refractivity contribution in [3.63, 3.8) is 0 Å². The molecule has 2 rings (SSSR count). The van der Waals surface area contributed by atoms with Crippen LogP contribution in [0.1, 0.15) is 24.6 Å². The first-order valence-corrected chi connectivity index (χ1v) is 8.10. The minimum absolute atomic E-state index is 0.558. The highest BCUT2D eigenvalue weighted by molar-refractivity contribution is 14.1. The number of anilines is 1. The second kappa shape index (κ2) is 7.70. The molecule has 0 unspecified atom stereocenters. The van der Waals surface area contributed by atoms with Crippen LogP contribution in [0.25, 0.3) is 11.4 Å². The number of nitrogens with zero attached hydrogens (tertiary/aromatic N) is 2. The molecule has 0 fully saturated rings.